The van der Waals surface area contributed by atoms with Gasteiger partial charge in [0.15, 0.2) is 5.78 Å². The third-order valence-electron chi connectivity index (χ3n) is 15.5. The minimum absolute atomic E-state index is 0.139. The van der Waals surface area contributed by atoms with E-state index in [4.69, 9.17) is 24.5 Å². The van der Waals surface area contributed by atoms with E-state index in [1.165, 1.54) is 51.2 Å². The van der Waals surface area contributed by atoms with Crippen LogP contribution in [0.15, 0.2) is 131 Å². The molecule has 0 spiro atoms. The lowest BCUT2D eigenvalue weighted by Crippen LogP contribution is -2.40. The Balaban J connectivity index is 1.11. The van der Waals surface area contributed by atoms with Gasteiger partial charge in [-0.3, -0.25) is 14.4 Å². The van der Waals surface area contributed by atoms with Crippen LogP contribution in [0.25, 0.3) is 0 Å². The fraction of sp³-hybridized carbons (Fsp3) is 0.527. The SMILES string of the molecule is C=CC1=C(C)C2=NC1=CC1=NC(=C(CC)C1=CO)C=C1N=C3C(=C1C)C(=O)C(C(=O)OC)C3=C1NC(=C2)[C@@H](C)[C@@H]1CCC(=O)OC/C=C(\C)CCC[C@H](C)CCC[C@]1(C)CCC1C(C)C. The van der Waals surface area contributed by atoms with Gasteiger partial charge in [-0.1, -0.05) is 79.0 Å². The van der Waals surface area contributed by atoms with E-state index in [0.717, 1.165) is 53.4 Å². The number of fused-ring (bicyclic) bond motifs is 5. The summed E-state index contributed by atoms with van der Waals surface area (Å²) < 4.78 is 11.1. The van der Waals surface area contributed by atoms with Crippen molar-refractivity contribution in [3.05, 3.63) is 116 Å². The number of ketones is 1. The number of esters is 2. The molecule has 5 heterocycles. The molecule has 65 heavy (non-hydrogen) atoms. The minimum atomic E-state index is -1.23. The molecule has 7 aliphatic rings. The van der Waals surface area contributed by atoms with Gasteiger partial charge in [0.2, 0.25) is 0 Å². The number of Topliss-reactive ketones (excluding diaryl/α,β-unsaturated/α-hetero) is 1. The fourth-order valence-electron chi connectivity index (χ4n) is 11.4. The molecule has 8 bridgehead atoms. The van der Waals surface area contributed by atoms with Gasteiger partial charge in [0.1, 0.15) is 12.5 Å². The summed E-state index contributed by atoms with van der Waals surface area (Å²) in [5.74, 6) is -0.669. The first-order chi connectivity index (χ1) is 31.0. The van der Waals surface area contributed by atoms with Crippen LogP contribution in [0.4, 0.5) is 0 Å². The van der Waals surface area contributed by atoms with Crippen molar-refractivity contribution in [1.82, 2.24) is 5.32 Å². The first-order valence-electron chi connectivity index (χ1n) is 24.0. The topological polar surface area (TPSA) is 139 Å². The number of nitrogens with one attached hydrogen (secondary N) is 1. The Morgan fingerprint density at radius 2 is 1.78 bits per heavy atom. The lowest BCUT2D eigenvalue weighted by molar-refractivity contribution is -0.146. The summed E-state index contributed by atoms with van der Waals surface area (Å²) in [4.78, 5) is 56.5. The third-order valence-corrected chi connectivity index (χ3v) is 15.5. The van der Waals surface area contributed by atoms with Crippen molar-refractivity contribution in [3.63, 3.8) is 0 Å². The molecule has 7 rings (SSSR count). The predicted molar refractivity (Wildman–Crippen MR) is 260 cm³/mol. The zero-order valence-corrected chi connectivity index (χ0v) is 40.5. The van der Waals surface area contributed by atoms with Crippen molar-refractivity contribution in [1.29, 1.82) is 0 Å². The minimum Gasteiger partial charge on any atom is -0.515 e. The van der Waals surface area contributed by atoms with E-state index >= 15 is 0 Å². The summed E-state index contributed by atoms with van der Waals surface area (Å²) >= 11 is 0. The molecule has 10 heteroatoms. The molecular weight excluding hydrogens is 813 g/mol. The number of hydrogen-bond donors (Lipinski definition) is 2. The number of aliphatic hydroxyl groups is 1. The van der Waals surface area contributed by atoms with Crippen LogP contribution in [0.2, 0.25) is 0 Å². The van der Waals surface area contributed by atoms with Crippen LogP contribution < -0.4 is 5.32 Å². The van der Waals surface area contributed by atoms with Gasteiger partial charge < -0.3 is 19.9 Å². The predicted octanol–water partition coefficient (Wildman–Crippen LogP) is 11.7. The van der Waals surface area contributed by atoms with E-state index in [9.17, 15) is 19.5 Å². The van der Waals surface area contributed by atoms with Gasteiger partial charge in [-0.25, -0.2) is 15.0 Å². The van der Waals surface area contributed by atoms with E-state index in [1.807, 2.05) is 45.1 Å². The molecule has 1 saturated heterocycles. The molecule has 346 valence electrons. The molecule has 2 saturated carbocycles. The largest absolute Gasteiger partial charge is 0.515 e. The van der Waals surface area contributed by atoms with Crippen molar-refractivity contribution in [2.45, 2.75) is 133 Å². The van der Waals surface area contributed by atoms with E-state index < -0.39 is 11.9 Å². The summed E-state index contributed by atoms with van der Waals surface area (Å²) in [5, 5.41) is 14.1. The zero-order chi connectivity index (χ0) is 46.9. The Labute approximate surface area is 386 Å². The zero-order valence-electron chi connectivity index (χ0n) is 40.5. The molecule has 0 aromatic carbocycles. The smallest absolute Gasteiger partial charge is 0.321 e. The maximum Gasteiger partial charge on any atom is 0.321 e. The maximum atomic E-state index is 14.4. The molecule has 2 N–H and O–H groups in total. The van der Waals surface area contributed by atoms with Gasteiger partial charge in [0.25, 0.3) is 0 Å². The monoisotopic (exact) mass is 883 g/mol. The summed E-state index contributed by atoms with van der Waals surface area (Å²) in [6.07, 6.45) is 21.7. The van der Waals surface area contributed by atoms with Gasteiger partial charge >= 0.3 is 11.9 Å². The van der Waals surface area contributed by atoms with Crippen molar-refractivity contribution >= 4 is 34.9 Å². The van der Waals surface area contributed by atoms with Crippen molar-refractivity contribution in [2.75, 3.05) is 13.7 Å². The lowest BCUT2D eigenvalue weighted by Gasteiger charge is -2.50. The number of nitrogens with zero attached hydrogens (tertiary/aromatic N) is 3. The summed E-state index contributed by atoms with van der Waals surface area (Å²) in [5.41, 5.74) is 11.4. The van der Waals surface area contributed by atoms with E-state index in [2.05, 4.69) is 53.4 Å². The number of allylic oxidation sites excluding steroid dienone is 12. The number of carbonyl (C=O) groups excluding carboxylic acids is 3. The molecule has 2 unspecified atom stereocenters. The van der Waals surface area contributed by atoms with Crippen LogP contribution in [0.3, 0.4) is 0 Å². The Morgan fingerprint density at radius 1 is 1.03 bits per heavy atom. The van der Waals surface area contributed by atoms with Crippen molar-refractivity contribution in [2.24, 2.45) is 55.9 Å². The van der Waals surface area contributed by atoms with Gasteiger partial charge in [0, 0.05) is 51.9 Å². The standard InChI is InChI=1S/C55H70N4O6/c1-12-36-33(7)41-26-42-34(8)38(19-20-47(61)65-25-22-32(6)17-14-16-31(5)18-15-23-55(10)24-21-40(55)30(3)4)51(58-42)49-50(54(63)64-11)53(62)48-35(9)43(59-52(48)49)27-45-37(13-2)39(29-60)46(57-45)28-44(36)56-41/h12,22,26-31,34,38,40,50,58,60H,1,13-21,23-25H2,2-11H3/b32-22+,39-29?,42-26?,43-27?,44-28?,51-49?/t31-,34-,38-,40?,50?,55+/m0/s1. The van der Waals surface area contributed by atoms with Gasteiger partial charge in [-0.05, 0) is 130 Å². The van der Waals surface area contributed by atoms with Crippen molar-refractivity contribution in [3.8, 4) is 0 Å². The average molecular weight is 883 g/mol. The van der Waals surface area contributed by atoms with E-state index in [1.54, 1.807) is 6.08 Å². The molecule has 0 aromatic rings. The van der Waals surface area contributed by atoms with Crippen molar-refractivity contribution < 1.29 is 29.0 Å². The highest BCUT2D eigenvalue weighted by Crippen LogP contribution is 2.53. The highest BCUT2D eigenvalue weighted by Gasteiger charge is 2.52. The number of aliphatic imine (C=N–C) groups is 3. The van der Waals surface area contributed by atoms with Crippen LogP contribution in [0, 0.1) is 40.9 Å². The number of methoxy groups -OCH3 is 1. The number of hydrogen-bond acceptors (Lipinski definition) is 10. The normalized spacial score (nSPS) is 27.2. The second-order valence-corrected chi connectivity index (χ2v) is 20.0. The maximum absolute atomic E-state index is 14.4. The Bertz CT molecular complexity index is 2440. The molecule has 0 radical (unpaired) electrons. The second-order valence-electron chi connectivity index (χ2n) is 20.0. The Morgan fingerprint density at radius 3 is 2.45 bits per heavy atom. The molecule has 3 fully saturated rings. The quantitative estimate of drug-likeness (QED) is 0.0642. The number of ether oxygens (including phenoxy) is 2. The molecule has 0 aromatic heterocycles. The number of carbonyl (C=O) groups is 3. The highest BCUT2D eigenvalue weighted by atomic mass is 16.5. The van der Waals surface area contributed by atoms with Gasteiger partial charge in [-0.15, -0.1) is 0 Å². The van der Waals surface area contributed by atoms with E-state index in [0.29, 0.717) is 86.4 Å². The van der Waals surface area contributed by atoms with Crippen LogP contribution >= 0.6 is 0 Å². The van der Waals surface area contributed by atoms with Crippen LogP contribution in [-0.4, -0.2) is 53.7 Å². The first kappa shape index (κ1) is 47.6. The molecule has 2 aliphatic carbocycles. The highest BCUT2D eigenvalue weighted by molar-refractivity contribution is 6.42. The summed E-state index contributed by atoms with van der Waals surface area (Å²) in [6.45, 7) is 24.0. The molecule has 0 amide bonds. The molecular formula is C55H70N4O6. The average Bonchev–Trinajstić information content (AvgIpc) is 4.02. The summed E-state index contributed by atoms with van der Waals surface area (Å²) in [7, 11) is 1.29. The van der Waals surface area contributed by atoms with Crippen LogP contribution in [0.1, 0.15) is 133 Å². The first-order valence-corrected chi connectivity index (χ1v) is 24.0. The van der Waals surface area contributed by atoms with Gasteiger partial charge in [0.05, 0.1) is 47.6 Å². The summed E-state index contributed by atoms with van der Waals surface area (Å²) in [6, 6.07) is 0. The molecule has 10 nitrogen and oxygen atoms in total. The lowest BCUT2D eigenvalue weighted by atomic mass is 9.55. The number of aliphatic hydroxyl groups excluding tert-OH is 1. The fourth-order valence-corrected chi connectivity index (χ4v) is 11.4. The van der Waals surface area contributed by atoms with Crippen LogP contribution in [-0.2, 0) is 23.9 Å². The number of rotatable bonds is 17. The Kier molecular flexibility index (Phi) is 14.4. The van der Waals surface area contributed by atoms with E-state index in [-0.39, 0.29) is 36.6 Å². The van der Waals surface area contributed by atoms with Gasteiger partial charge in [-0.2, -0.15) is 0 Å². The molecule has 6 atom stereocenters. The van der Waals surface area contributed by atoms with Crippen LogP contribution in [0.5, 0.6) is 0 Å². The third kappa shape index (κ3) is 9.24. The second kappa shape index (κ2) is 19.6. The molecule has 5 aliphatic heterocycles. The Hall–Kier alpha value is -5.38.